The van der Waals surface area contributed by atoms with E-state index in [1.165, 1.54) is 25.3 Å². The predicted molar refractivity (Wildman–Crippen MR) is 279 cm³/mol. The zero-order valence-electron chi connectivity index (χ0n) is 39.1. The van der Waals surface area contributed by atoms with Gasteiger partial charge in [-0.25, -0.2) is 4.79 Å². The Hall–Kier alpha value is -6.35. The third kappa shape index (κ3) is 16.4. The number of hydrogen-bond acceptors (Lipinski definition) is 9. The molecule has 1 aliphatic rings. The molecule has 0 unspecified atom stereocenters. The first-order chi connectivity index (χ1) is 32.6. The molecule has 370 valence electrons. The van der Waals surface area contributed by atoms with E-state index in [2.05, 4.69) is 45.7 Å². The van der Waals surface area contributed by atoms with Crippen molar-refractivity contribution >= 4 is 76.0 Å². The van der Waals surface area contributed by atoms with Gasteiger partial charge in [0.15, 0.2) is 12.6 Å². The summed E-state index contributed by atoms with van der Waals surface area (Å²) in [5.41, 5.74) is 19.4. The third-order valence-electron chi connectivity index (χ3n) is 12.0. The molecule has 69 heavy (non-hydrogen) atoms. The molecule has 0 aliphatic heterocycles. The van der Waals surface area contributed by atoms with E-state index in [-0.39, 0.29) is 63.2 Å². The molecular weight excluding hydrogens is 918 g/mol. The van der Waals surface area contributed by atoms with Gasteiger partial charge in [0.1, 0.15) is 36.2 Å². The first-order valence-electron chi connectivity index (χ1n) is 23.4. The lowest BCUT2D eigenvalue weighted by Gasteiger charge is -2.25. The number of ether oxygens (including phenoxy) is 3. The molecule has 3 amide bonds. The van der Waals surface area contributed by atoms with E-state index in [0.717, 1.165) is 56.8 Å². The molecule has 16 heteroatoms. The van der Waals surface area contributed by atoms with Crippen molar-refractivity contribution in [2.45, 2.75) is 95.4 Å². The Morgan fingerprint density at radius 2 is 1.25 bits per heavy atom. The number of benzene rings is 5. The second-order valence-electron chi connectivity index (χ2n) is 17.0. The van der Waals surface area contributed by atoms with Crippen molar-refractivity contribution < 1.29 is 33.4 Å². The molecule has 6 rings (SSSR count). The van der Waals surface area contributed by atoms with Crippen LogP contribution in [-0.2, 0) is 30.5 Å². The summed E-state index contributed by atoms with van der Waals surface area (Å²) in [4.78, 5) is 59.2. The highest BCUT2D eigenvalue weighted by molar-refractivity contribution is 6.10. The van der Waals surface area contributed by atoms with E-state index in [1.54, 1.807) is 0 Å². The number of hydrogen-bond donors (Lipinski definition) is 6. The smallest absolute Gasteiger partial charge is 0.329 e. The zero-order chi connectivity index (χ0) is 47.4. The van der Waals surface area contributed by atoms with Gasteiger partial charge in [0.25, 0.3) is 5.91 Å². The number of nitrogens with two attached hydrogens (primary N) is 3. The van der Waals surface area contributed by atoms with E-state index in [4.69, 9.17) is 31.4 Å². The topological polar surface area (TPSA) is 222 Å². The molecule has 0 saturated heterocycles. The molecule has 0 spiro atoms. The Balaban J connectivity index is 0.00000518. The molecule has 1 aliphatic carbocycles. The summed E-state index contributed by atoms with van der Waals surface area (Å²) in [7, 11) is 0. The van der Waals surface area contributed by atoms with E-state index < -0.39 is 48.4 Å². The number of rotatable bonds is 25. The fourth-order valence-corrected chi connectivity index (χ4v) is 8.49. The number of fused-ring (bicyclic) bond motifs is 2. The number of guanidine groups is 1. The Labute approximate surface area is 417 Å². The SMILES string of the molecule is C=CC[C@H](NC(=O)[C@@H](CCCN=C(N)N)NC(=O)[C@@H](CCCCN)NC(=O)COc1ccc2ccccc2c1-c1c(OCC2CCCCC2)ccc2ccccc12)C(=O)OCc1ccccc1.Cl.Cl. The fourth-order valence-electron chi connectivity index (χ4n) is 8.49. The summed E-state index contributed by atoms with van der Waals surface area (Å²) in [6.45, 7) is 4.52. The molecular formula is C53H67Cl2N7O7. The van der Waals surface area contributed by atoms with Crippen LogP contribution < -0.4 is 42.6 Å². The van der Waals surface area contributed by atoms with Gasteiger partial charge in [0.2, 0.25) is 11.8 Å². The van der Waals surface area contributed by atoms with Crippen LogP contribution in [0.15, 0.2) is 121 Å². The molecule has 3 atom stereocenters. The lowest BCUT2D eigenvalue weighted by molar-refractivity contribution is -0.149. The maximum Gasteiger partial charge on any atom is 0.329 e. The van der Waals surface area contributed by atoms with Crippen LogP contribution in [0.4, 0.5) is 0 Å². The van der Waals surface area contributed by atoms with Gasteiger partial charge in [0, 0.05) is 17.7 Å². The number of nitrogens with zero attached hydrogens (tertiary/aromatic N) is 1. The standard InChI is InChI=1S/C53H65N7O7.2ClH/c1-2-16-44(52(64)67-34-37-19-7-4-8-20-37)60-51(63)43(26-15-32-57-53(55)56)59-50(62)42(25-13-14-31-54)58-47(61)35-66-46-30-28-39-22-10-12-24-41(39)49(46)48-40-23-11-9-21-38(40)27-29-45(48)65-33-36-17-5-3-6-18-36;;/h2,4,7-12,19-24,27-30,36,42-44H,1,3,5-6,13-18,25-26,31-35,54H2,(H,58,61)(H,59,62)(H,60,63)(H4,55,56,57);2*1H/t42-,43-,44+;;/m1../s1. The van der Waals surface area contributed by atoms with Crippen molar-refractivity contribution in [3.05, 3.63) is 121 Å². The van der Waals surface area contributed by atoms with Gasteiger partial charge in [-0.05, 0) is 103 Å². The maximum absolute atomic E-state index is 14.2. The maximum atomic E-state index is 14.2. The summed E-state index contributed by atoms with van der Waals surface area (Å²) in [6.07, 6.45) is 9.33. The van der Waals surface area contributed by atoms with Gasteiger partial charge >= 0.3 is 5.97 Å². The minimum atomic E-state index is -1.13. The lowest BCUT2D eigenvalue weighted by atomic mass is 9.90. The highest BCUT2D eigenvalue weighted by Crippen LogP contribution is 2.46. The summed E-state index contributed by atoms with van der Waals surface area (Å²) in [5, 5.41) is 12.4. The van der Waals surface area contributed by atoms with Gasteiger partial charge in [-0.2, -0.15) is 0 Å². The summed E-state index contributed by atoms with van der Waals surface area (Å²) >= 11 is 0. The van der Waals surface area contributed by atoms with Crippen molar-refractivity contribution in [3.63, 3.8) is 0 Å². The fraction of sp³-hybridized carbons (Fsp3) is 0.377. The number of unbranched alkanes of at least 4 members (excludes halogenated alkanes) is 1. The number of carbonyl (C=O) groups excluding carboxylic acids is 4. The largest absolute Gasteiger partial charge is 0.493 e. The van der Waals surface area contributed by atoms with Crippen LogP contribution in [0.2, 0.25) is 0 Å². The van der Waals surface area contributed by atoms with E-state index in [1.807, 2.05) is 84.9 Å². The number of esters is 1. The van der Waals surface area contributed by atoms with E-state index in [9.17, 15) is 19.2 Å². The third-order valence-corrected chi connectivity index (χ3v) is 12.0. The van der Waals surface area contributed by atoms with Crippen LogP contribution >= 0.6 is 24.8 Å². The van der Waals surface area contributed by atoms with Crippen molar-refractivity contribution in [2.75, 3.05) is 26.3 Å². The first kappa shape index (κ1) is 55.2. The average molecular weight is 985 g/mol. The van der Waals surface area contributed by atoms with Crippen LogP contribution in [-0.4, -0.2) is 74.1 Å². The van der Waals surface area contributed by atoms with Crippen molar-refractivity contribution in [1.29, 1.82) is 0 Å². The van der Waals surface area contributed by atoms with Crippen LogP contribution in [0.5, 0.6) is 11.5 Å². The van der Waals surface area contributed by atoms with Crippen molar-refractivity contribution in [1.82, 2.24) is 16.0 Å². The highest BCUT2D eigenvalue weighted by atomic mass is 35.5. The monoisotopic (exact) mass is 983 g/mol. The lowest BCUT2D eigenvalue weighted by Crippen LogP contribution is -2.56. The molecule has 5 aromatic carbocycles. The van der Waals surface area contributed by atoms with Gasteiger partial charge in [-0.15, -0.1) is 31.4 Å². The second-order valence-corrected chi connectivity index (χ2v) is 17.0. The van der Waals surface area contributed by atoms with Crippen LogP contribution in [0.3, 0.4) is 0 Å². The molecule has 9 N–H and O–H groups in total. The normalized spacial score (nSPS) is 13.6. The summed E-state index contributed by atoms with van der Waals surface area (Å²) in [5.74, 6) is -0.843. The molecule has 0 bridgehead atoms. The molecule has 1 saturated carbocycles. The predicted octanol–water partition coefficient (Wildman–Crippen LogP) is 7.80. The van der Waals surface area contributed by atoms with Crippen LogP contribution in [0, 0.1) is 5.92 Å². The second kappa shape index (κ2) is 28.9. The van der Waals surface area contributed by atoms with Crippen molar-refractivity contribution in [2.24, 2.45) is 28.1 Å². The quantitative estimate of drug-likeness (QED) is 0.0109. The number of halogens is 2. The van der Waals surface area contributed by atoms with E-state index in [0.29, 0.717) is 44.1 Å². The number of carbonyl (C=O) groups is 4. The Morgan fingerprint density at radius 3 is 1.86 bits per heavy atom. The van der Waals surface area contributed by atoms with Gasteiger partial charge in [0.05, 0.1) is 6.61 Å². The van der Waals surface area contributed by atoms with Gasteiger partial charge in [-0.1, -0.05) is 116 Å². The molecule has 0 heterocycles. The zero-order valence-corrected chi connectivity index (χ0v) is 40.7. The first-order valence-corrected chi connectivity index (χ1v) is 23.4. The molecule has 1 fully saturated rings. The minimum absolute atomic E-state index is 0. The number of amides is 3. The van der Waals surface area contributed by atoms with Crippen LogP contribution in [0.25, 0.3) is 32.7 Å². The van der Waals surface area contributed by atoms with Crippen LogP contribution in [0.1, 0.15) is 76.2 Å². The molecule has 5 aromatic rings. The highest BCUT2D eigenvalue weighted by Gasteiger charge is 2.30. The molecule has 14 nitrogen and oxygen atoms in total. The van der Waals surface area contributed by atoms with Crippen molar-refractivity contribution in [3.8, 4) is 22.6 Å². The minimum Gasteiger partial charge on any atom is -0.493 e. The Bertz CT molecular complexity index is 2480. The van der Waals surface area contributed by atoms with Gasteiger partial charge < -0.3 is 47.4 Å². The summed E-state index contributed by atoms with van der Waals surface area (Å²) in [6, 6.07) is 30.0. The Morgan fingerprint density at radius 1 is 0.681 bits per heavy atom. The number of aliphatic imine (C=N–C) groups is 1. The van der Waals surface area contributed by atoms with E-state index >= 15 is 0 Å². The number of nitrogens with one attached hydrogen (secondary N) is 3. The Kier molecular flexibility index (Phi) is 23.1. The molecule has 0 aromatic heterocycles. The molecule has 0 radical (unpaired) electrons. The summed E-state index contributed by atoms with van der Waals surface area (Å²) < 4.78 is 18.7. The van der Waals surface area contributed by atoms with Gasteiger partial charge in [-0.3, -0.25) is 19.4 Å². The average Bonchev–Trinajstić information content (AvgIpc) is 3.35.